The zero-order valence-corrected chi connectivity index (χ0v) is 15.6. The van der Waals surface area contributed by atoms with E-state index in [2.05, 4.69) is 72.1 Å². The van der Waals surface area contributed by atoms with Crippen molar-refractivity contribution in [3.63, 3.8) is 0 Å². The first-order valence-corrected chi connectivity index (χ1v) is 8.32. The van der Waals surface area contributed by atoms with E-state index in [0.717, 1.165) is 24.3 Å². The molecule has 0 nitrogen and oxygen atoms in total. The third-order valence-corrected chi connectivity index (χ3v) is 4.54. The van der Waals surface area contributed by atoms with Crippen LogP contribution in [0.25, 0.3) is 0 Å². The van der Waals surface area contributed by atoms with Crippen molar-refractivity contribution >= 4 is 0 Å². The minimum absolute atomic E-state index is 0.365. The SMILES string of the molecule is C=C1CCC(C(C)(C)C)C/C1=C/C(/C=C(\C)C#CC)=C(C)C. The van der Waals surface area contributed by atoms with Crippen molar-refractivity contribution in [2.75, 3.05) is 0 Å². The van der Waals surface area contributed by atoms with E-state index in [0.29, 0.717) is 5.41 Å². The van der Waals surface area contributed by atoms with E-state index in [1.54, 1.807) is 0 Å². The average Bonchev–Trinajstić information content (AvgIpc) is 2.39. The number of hydrogen-bond donors (Lipinski definition) is 0. The molecule has 1 rings (SSSR count). The van der Waals surface area contributed by atoms with Crippen LogP contribution in [0.3, 0.4) is 0 Å². The molecular weight excluding hydrogens is 264 g/mol. The molecule has 0 radical (unpaired) electrons. The Morgan fingerprint density at radius 2 is 1.86 bits per heavy atom. The summed E-state index contributed by atoms with van der Waals surface area (Å²) in [6.07, 6.45) is 8.08. The van der Waals surface area contributed by atoms with Gasteiger partial charge in [-0.3, -0.25) is 0 Å². The summed E-state index contributed by atoms with van der Waals surface area (Å²) in [4.78, 5) is 0. The molecule has 1 aliphatic carbocycles. The highest BCUT2D eigenvalue weighted by atomic mass is 14.3. The molecule has 1 fully saturated rings. The summed E-state index contributed by atoms with van der Waals surface area (Å²) in [6, 6.07) is 0. The van der Waals surface area contributed by atoms with Gasteiger partial charge in [0.1, 0.15) is 0 Å². The molecule has 0 aromatic rings. The molecular formula is C22H32. The van der Waals surface area contributed by atoms with Gasteiger partial charge in [0.2, 0.25) is 0 Å². The maximum atomic E-state index is 4.30. The molecule has 0 heteroatoms. The molecule has 0 aromatic heterocycles. The van der Waals surface area contributed by atoms with Gasteiger partial charge in [0.05, 0.1) is 0 Å². The first kappa shape index (κ1) is 18.6. The Hall–Kier alpha value is -1.48. The van der Waals surface area contributed by atoms with Crippen LogP contribution in [0, 0.1) is 23.2 Å². The first-order valence-electron chi connectivity index (χ1n) is 8.32. The number of rotatable bonds is 2. The lowest BCUT2D eigenvalue weighted by atomic mass is 9.69. The lowest BCUT2D eigenvalue weighted by molar-refractivity contribution is 0.215. The Kier molecular flexibility index (Phi) is 6.48. The highest BCUT2D eigenvalue weighted by Gasteiger charge is 2.29. The second kappa shape index (κ2) is 7.68. The van der Waals surface area contributed by atoms with Crippen LogP contribution in [0.2, 0.25) is 0 Å². The molecule has 0 saturated heterocycles. The van der Waals surface area contributed by atoms with Gasteiger partial charge in [0, 0.05) is 0 Å². The zero-order chi connectivity index (χ0) is 16.9. The topological polar surface area (TPSA) is 0 Å². The van der Waals surface area contributed by atoms with E-state index in [1.807, 2.05) is 6.92 Å². The van der Waals surface area contributed by atoms with Gasteiger partial charge in [-0.15, -0.1) is 5.92 Å². The zero-order valence-electron chi connectivity index (χ0n) is 15.6. The van der Waals surface area contributed by atoms with Crippen molar-refractivity contribution in [1.29, 1.82) is 0 Å². The lowest BCUT2D eigenvalue weighted by Gasteiger charge is -2.36. The minimum Gasteiger partial charge on any atom is -0.102 e. The van der Waals surface area contributed by atoms with E-state index in [9.17, 15) is 0 Å². The minimum atomic E-state index is 0.365. The van der Waals surface area contributed by atoms with Crippen molar-refractivity contribution in [1.82, 2.24) is 0 Å². The van der Waals surface area contributed by atoms with Gasteiger partial charge in [-0.2, -0.15) is 0 Å². The maximum absolute atomic E-state index is 4.30. The summed E-state index contributed by atoms with van der Waals surface area (Å²) in [5.41, 5.74) is 6.83. The van der Waals surface area contributed by atoms with Gasteiger partial charge in [-0.05, 0) is 81.1 Å². The fraction of sp³-hybridized carbons (Fsp3) is 0.545. The number of hydrogen-bond acceptors (Lipinski definition) is 0. The van der Waals surface area contributed by atoms with Gasteiger partial charge in [0.25, 0.3) is 0 Å². The molecule has 1 unspecified atom stereocenters. The summed E-state index contributed by atoms with van der Waals surface area (Å²) >= 11 is 0. The van der Waals surface area contributed by atoms with Gasteiger partial charge < -0.3 is 0 Å². The standard InChI is InChI=1S/C22H32/c1-9-10-17(4)13-19(16(2)3)14-20-15-21(22(6,7)8)12-11-18(20)5/h13-14,21H,5,11-12,15H2,1-4,6-8H3/b17-13+,20-14-. The van der Waals surface area contributed by atoms with Gasteiger partial charge in [0.15, 0.2) is 0 Å². The molecule has 0 aliphatic heterocycles. The average molecular weight is 296 g/mol. The van der Waals surface area contributed by atoms with Gasteiger partial charge in [-0.25, -0.2) is 0 Å². The fourth-order valence-electron chi connectivity index (χ4n) is 2.91. The predicted molar refractivity (Wildman–Crippen MR) is 99.6 cm³/mol. The van der Waals surface area contributed by atoms with Crippen LogP contribution in [0.4, 0.5) is 0 Å². The van der Waals surface area contributed by atoms with E-state index in [4.69, 9.17) is 0 Å². The first-order chi connectivity index (χ1) is 10.1. The molecule has 1 aliphatic rings. The molecule has 1 atom stereocenters. The fourth-order valence-corrected chi connectivity index (χ4v) is 2.91. The maximum Gasteiger partial charge on any atom is -0.000499 e. The van der Waals surface area contributed by atoms with Crippen LogP contribution in [-0.2, 0) is 0 Å². The smallest absolute Gasteiger partial charge is 0.000499 e. The van der Waals surface area contributed by atoms with E-state index in [-0.39, 0.29) is 0 Å². The molecule has 120 valence electrons. The summed E-state index contributed by atoms with van der Waals surface area (Å²) < 4.78 is 0. The largest absolute Gasteiger partial charge is 0.102 e. The van der Waals surface area contributed by atoms with Gasteiger partial charge >= 0.3 is 0 Å². The van der Waals surface area contributed by atoms with Crippen LogP contribution < -0.4 is 0 Å². The molecule has 0 bridgehead atoms. The van der Waals surface area contributed by atoms with Crippen molar-refractivity contribution in [3.05, 3.63) is 46.6 Å². The predicted octanol–water partition coefficient (Wildman–Crippen LogP) is 6.62. The van der Waals surface area contributed by atoms with Crippen molar-refractivity contribution in [3.8, 4) is 11.8 Å². The summed E-state index contributed by atoms with van der Waals surface area (Å²) in [7, 11) is 0. The summed E-state index contributed by atoms with van der Waals surface area (Å²) in [6.45, 7) is 19.7. The third kappa shape index (κ3) is 5.38. The Morgan fingerprint density at radius 3 is 2.36 bits per heavy atom. The second-order valence-electron chi connectivity index (χ2n) is 7.74. The molecule has 22 heavy (non-hydrogen) atoms. The molecule has 0 amide bonds. The van der Waals surface area contributed by atoms with Crippen LogP contribution in [0.1, 0.15) is 67.7 Å². The third-order valence-electron chi connectivity index (χ3n) is 4.54. The lowest BCUT2D eigenvalue weighted by Crippen LogP contribution is -2.24. The van der Waals surface area contributed by atoms with E-state index < -0.39 is 0 Å². The van der Waals surface area contributed by atoms with Crippen molar-refractivity contribution in [2.24, 2.45) is 11.3 Å². The molecule has 0 heterocycles. The van der Waals surface area contributed by atoms with E-state index >= 15 is 0 Å². The Morgan fingerprint density at radius 1 is 1.23 bits per heavy atom. The highest BCUT2D eigenvalue weighted by molar-refractivity contribution is 5.46. The van der Waals surface area contributed by atoms with Crippen LogP contribution in [0.5, 0.6) is 0 Å². The Labute approximate surface area is 138 Å². The molecule has 0 N–H and O–H groups in total. The highest BCUT2D eigenvalue weighted by Crippen LogP contribution is 2.42. The molecule has 1 saturated carbocycles. The Bertz CT molecular complexity index is 570. The van der Waals surface area contributed by atoms with Crippen LogP contribution in [0.15, 0.2) is 46.6 Å². The quantitative estimate of drug-likeness (QED) is 0.396. The van der Waals surface area contributed by atoms with Crippen LogP contribution >= 0.6 is 0 Å². The Balaban J connectivity index is 3.14. The molecule has 0 spiro atoms. The van der Waals surface area contributed by atoms with Gasteiger partial charge in [-0.1, -0.05) is 50.5 Å². The monoisotopic (exact) mass is 296 g/mol. The second-order valence-corrected chi connectivity index (χ2v) is 7.74. The summed E-state index contributed by atoms with van der Waals surface area (Å²) in [5, 5.41) is 0. The number of allylic oxidation sites excluding steroid dienone is 7. The van der Waals surface area contributed by atoms with E-state index in [1.165, 1.54) is 28.7 Å². The van der Waals surface area contributed by atoms with Crippen molar-refractivity contribution in [2.45, 2.75) is 67.7 Å². The summed E-state index contributed by atoms with van der Waals surface area (Å²) in [5.74, 6) is 6.85. The molecule has 0 aromatic carbocycles. The van der Waals surface area contributed by atoms with Crippen molar-refractivity contribution < 1.29 is 0 Å². The van der Waals surface area contributed by atoms with Crippen LogP contribution in [-0.4, -0.2) is 0 Å². The normalized spacial score (nSPS) is 21.4.